The Morgan fingerprint density at radius 1 is 1.38 bits per heavy atom. The minimum Gasteiger partial charge on any atom is -0.480 e. The second-order valence-electron chi connectivity index (χ2n) is 5.85. The van der Waals surface area contributed by atoms with Gasteiger partial charge in [0.2, 0.25) is 5.91 Å². The zero-order chi connectivity index (χ0) is 15.4. The van der Waals surface area contributed by atoms with Gasteiger partial charge in [0.15, 0.2) is 0 Å². The lowest BCUT2D eigenvalue weighted by Crippen LogP contribution is -2.41. The number of hydrogen-bond acceptors (Lipinski definition) is 2. The second kappa shape index (κ2) is 6.74. The van der Waals surface area contributed by atoms with Gasteiger partial charge in [-0.2, -0.15) is 0 Å². The molecule has 1 aromatic carbocycles. The lowest BCUT2D eigenvalue weighted by molar-refractivity contribution is -0.142. The summed E-state index contributed by atoms with van der Waals surface area (Å²) in [6.07, 6.45) is 3.05. The maximum absolute atomic E-state index is 12.2. The van der Waals surface area contributed by atoms with Crippen molar-refractivity contribution in [3.05, 3.63) is 35.4 Å². The summed E-state index contributed by atoms with van der Waals surface area (Å²) in [6, 6.07) is 7.32. The number of hydrogen-bond donors (Lipinski definition) is 2. The van der Waals surface area contributed by atoms with Crippen LogP contribution >= 0.6 is 0 Å². The van der Waals surface area contributed by atoms with E-state index in [1.807, 2.05) is 32.0 Å². The number of nitrogens with one attached hydrogen (secondary N) is 1. The molecule has 114 valence electrons. The van der Waals surface area contributed by atoms with Gasteiger partial charge in [0.25, 0.3) is 0 Å². The molecule has 4 heteroatoms. The van der Waals surface area contributed by atoms with Crippen LogP contribution in [-0.4, -0.2) is 23.0 Å². The molecule has 1 amide bonds. The fourth-order valence-corrected chi connectivity index (χ4v) is 2.78. The third-order valence-electron chi connectivity index (χ3n) is 4.18. The molecule has 1 aromatic rings. The molecule has 0 saturated heterocycles. The number of aliphatic carboxylic acids is 1. The average molecular weight is 289 g/mol. The van der Waals surface area contributed by atoms with E-state index in [1.165, 1.54) is 11.1 Å². The van der Waals surface area contributed by atoms with E-state index in [9.17, 15) is 9.59 Å². The van der Waals surface area contributed by atoms with Crippen molar-refractivity contribution in [1.82, 2.24) is 5.32 Å². The number of carbonyl (C=O) groups is 2. The number of aryl methyl sites for hydroxylation is 1. The Morgan fingerprint density at radius 2 is 2.10 bits per heavy atom. The monoisotopic (exact) mass is 289 g/mol. The van der Waals surface area contributed by atoms with Crippen LogP contribution in [0.5, 0.6) is 0 Å². The molecule has 3 atom stereocenters. The molecule has 2 N–H and O–H groups in total. The van der Waals surface area contributed by atoms with Crippen molar-refractivity contribution in [3.63, 3.8) is 0 Å². The molecule has 2 rings (SSSR count). The molecule has 21 heavy (non-hydrogen) atoms. The molecule has 3 unspecified atom stereocenters. The summed E-state index contributed by atoms with van der Waals surface area (Å²) >= 11 is 0. The van der Waals surface area contributed by atoms with Gasteiger partial charge in [-0.15, -0.1) is 0 Å². The van der Waals surface area contributed by atoms with E-state index in [0.29, 0.717) is 6.42 Å². The highest BCUT2D eigenvalue weighted by molar-refractivity contribution is 5.87. The van der Waals surface area contributed by atoms with Crippen molar-refractivity contribution < 1.29 is 14.7 Å². The summed E-state index contributed by atoms with van der Waals surface area (Å²) in [5.74, 6) is -0.891. The smallest absolute Gasteiger partial charge is 0.326 e. The minimum absolute atomic E-state index is 0.0745. The van der Waals surface area contributed by atoms with Gasteiger partial charge < -0.3 is 10.4 Å². The third kappa shape index (κ3) is 3.84. The predicted molar refractivity (Wildman–Crippen MR) is 81.1 cm³/mol. The van der Waals surface area contributed by atoms with Crippen LogP contribution in [0.2, 0.25) is 0 Å². The highest BCUT2D eigenvalue weighted by Gasteiger charge is 2.45. The number of carbonyl (C=O) groups excluding carboxylic acids is 1. The highest BCUT2D eigenvalue weighted by atomic mass is 16.4. The highest BCUT2D eigenvalue weighted by Crippen LogP contribution is 2.48. The SMILES string of the molecule is CCCCC(NC(=O)C1CC1c1ccccc1C)C(=O)O. The lowest BCUT2D eigenvalue weighted by Gasteiger charge is -2.14. The Hall–Kier alpha value is -1.84. The molecule has 1 aliphatic carbocycles. The molecular weight excluding hydrogens is 266 g/mol. The normalized spacial score (nSPS) is 21.6. The van der Waals surface area contributed by atoms with Gasteiger partial charge in [0.05, 0.1) is 0 Å². The average Bonchev–Trinajstić information content (AvgIpc) is 3.23. The molecule has 0 radical (unpaired) electrons. The molecule has 0 aliphatic heterocycles. The Kier molecular flexibility index (Phi) is 4.99. The molecule has 1 aliphatic rings. The molecule has 0 aromatic heterocycles. The number of unbranched alkanes of at least 4 members (excludes halogenated alkanes) is 1. The zero-order valence-corrected chi connectivity index (χ0v) is 12.6. The molecule has 1 saturated carbocycles. The van der Waals surface area contributed by atoms with Crippen molar-refractivity contribution in [1.29, 1.82) is 0 Å². The van der Waals surface area contributed by atoms with Gasteiger partial charge in [-0.05, 0) is 36.8 Å². The largest absolute Gasteiger partial charge is 0.480 e. The van der Waals surface area contributed by atoms with Crippen molar-refractivity contribution in [2.45, 2.75) is 51.5 Å². The standard InChI is InChI=1S/C17H23NO3/c1-3-4-9-15(17(20)21)18-16(19)14-10-13(14)12-8-6-5-7-11(12)2/h5-8,13-15H,3-4,9-10H2,1-2H3,(H,18,19)(H,20,21). The molecule has 0 bridgehead atoms. The van der Waals surface area contributed by atoms with E-state index < -0.39 is 12.0 Å². The van der Waals surface area contributed by atoms with E-state index in [2.05, 4.69) is 11.4 Å². The first-order valence-corrected chi connectivity index (χ1v) is 7.63. The summed E-state index contributed by atoms with van der Waals surface area (Å²) in [7, 11) is 0. The minimum atomic E-state index is -0.940. The number of rotatable bonds is 7. The number of carboxylic acid groups (broad SMARTS) is 1. The quantitative estimate of drug-likeness (QED) is 0.811. The van der Waals surface area contributed by atoms with Crippen LogP contribution < -0.4 is 5.32 Å². The van der Waals surface area contributed by atoms with Crippen molar-refractivity contribution in [3.8, 4) is 0 Å². The van der Waals surface area contributed by atoms with Gasteiger partial charge >= 0.3 is 5.97 Å². The lowest BCUT2D eigenvalue weighted by atomic mass is 10.0. The first-order chi connectivity index (χ1) is 10.0. The summed E-state index contributed by atoms with van der Waals surface area (Å²) in [6.45, 7) is 4.06. The molecule has 1 fully saturated rings. The van der Waals surface area contributed by atoms with E-state index in [1.54, 1.807) is 0 Å². The van der Waals surface area contributed by atoms with Gasteiger partial charge in [0, 0.05) is 5.92 Å². The number of carboxylic acids is 1. The van der Waals surface area contributed by atoms with Crippen molar-refractivity contribution in [2.24, 2.45) is 5.92 Å². The summed E-state index contributed by atoms with van der Waals surface area (Å²) < 4.78 is 0. The van der Waals surface area contributed by atoms with Crippen LogP contribution in [0.15, 0.2) is 24.3 Å². The Morgan fingerprint density at radius 3 is 2.71 bits per heavy atom. The van der Waals surface area contributed by atoms with Crippen LogP contribution in [0.25, 0.3) is 0 Å². The van der Waals surface area contributed by atoms with Gasteiger partial charge in [-0.3, -0.25) is 4.79 Å². The van der Waals surface area contributed by atoms with Gasteiger partial charge in [0.1, 0.15) is 6.04 Å². The molecular formula is C17H23NO3. The van der Waals surface area contributed by atoms with Crippen molar-refractivity contribution >= 4 is 11.9 Å². The van der Waals surface area contributed by atoms with Crippen LogP contribution in [0, 0.1) is 12.8 Å². The maximum Gasteiger partial charge on any atom is 0.326 e. The molecule has 0 heterocycles. The third-order valence-corrected chi connectivity index (χ3v) is 4.18. The van der Waals surface area contributed by atoms with Gasteiger partial charge in [-0.25, -0.2) is 4.79 Å². The van der Waals surface area contributed by atoms with E-state index >= 15 is 0 Å². The van der Waals surface area contributed by atoms with Crippen molar-refractivity contribution in [2.75, 3.05) is 0 Å². The van der Waals surface area contributed by atoms with Crippen LogP contribution in [0.1, 0.15) is 49.7 Å². The second-order valence-corrected chi connectivity index (χ2v) is 5.85. The van der Waals surface area contributed by atoms with E-state index in [4.69, 9.17) is 5.11 Å². The first-order valence-electron chi connectivity index (χ1n) is 7.63. The maximum atomic E-state index is 12.2. The fourth-order valence-electron chi connectivity index (χ4n) is 2.78. The van der Waals surface area contributed by atoms with Crippen LogP contribution in [-0.2, 0) is 9.59 Å². The number of benzene rings is 1. The predicted octanol–water partition coefficient (Wildman–Crippen LogP) is 2.86. The van der Waals surface area contributed by atoms with Gasteiger partial charge in [-0.1, -0.05) is 44.0 Å². The first kappa shape index (κ1) is 15.5. The molecule has 0 spiro atoms. The number of amides is 1. The molecule has 4 nitrogen and oxygen atoms in total. The topological polar surface area (TPSA) is 66.4 Å². The van der Waals surface area contributed by atoms with Crippen LogP contribution in [0.4, 0.5) is 0 Å². The fraction of sp³-hybridized carbons (Fsp3) is 0.529. The Bertz CT molecular complexity index is 527. The van der Waals surface area contributed by atoms with E-state index in [0.717, 1.165) is 19.3 Å². The summed E-state index contributed by atoms with van der Waals surface area (Å²) in [4.78, 5) is 23.4. The Labute approximate surface area is 125 Å². The van der Waals surface area contributed by atoms with E-state index in [-0.39, 0.29) is 17.7 Å². The zero-order valence-electron chi connectivity index (χ0n) is 12.6. The summed E-state index contributed by atoms with van der Waals surface area (Å²) in [5.41, 5.74) is 2.40. The van der Waals surface area contributed by atoms with Crippen LogP contribution in [0.3, 0.4) is 0 Å². The summed E-state index contributed by atoms with van der Waals surface area (Å²) in [5, 5.41) is 11.9. The Balaban J connectivity index is 1.93.